The van der Waals surface area contributed by atoms with E-state index in [0.717, 1.165) is 16.8 Å². The van der Waals surface area contributed by atoms with Gasteiger partial charge in [-0.3, -0.25) is 4.79 Å². The Kier molecular flexibility index (Phi) is 3.17. The van der Waals surface area contributed by atoms with Crippen molar-refractivity contribution in [2.24, 2.45) is 0 Å². The molecule has 1 aromatic heterocycles. The lowest BCUT2D eigenvalue weighted by molar-refractivity contribution is 0.103. The minimum absolute atomic E-state index is 0.00489. The Morgan fingerprint density at radius 2 is 1.70 bits per heavy atom. The van der Waals surface area contributed by atoms with E-state index in [0.29, 0.717) is 5.56 Å². The van der Waals surface area contributed by atoms with Gasteiger partial charge in [-0.2, -0.15) is 5.10 Å². The Hall–Kier alpha value is -2.68. The highest BCUT2D eigenvalue weighted by molar-refractivity contribution is 6.09. The molecule has 0 unspecified atom stereocenters. The standard InChI is InChI=1S/C17H14N2O/c1-13-7-5-6-10-16(13)17(20)14-11-18-19(12-14)15-8-3-2-4-9-15/h2-12H,1H3. The van der Waals surface area contributed by atoms with Gasteiger partial charge in [-0.1, -0.05) is 42.5 Å². The van der Waals surface area contributed by atoms with Gasteiger partial charge in [0.05, 0.1) is 17.4 Å². The summed E-state index contributed by atoms with van der Waals surface area (Å²) in [6.45, 7) is 1.94. The molecule has 3 heteroatoms. The summed E-state index contributed by atoms with van der Waals surface area (Å²) in [5.41, 5.74) is 3.24. The number of benzene rings is 2. The van der Waals surface area contributed by atoms with Crippen LogP contribution in [-0.4, -0.2) is 15.6 Å². The summed E-state index contributed by atoms with van der Waals surface area (Å²) < 4.78 is 1.71. The number of nitrogens with zero attached hydrogens (tertiary/aromatic N) is 2. The van der Waals surface area contributed by atoms with Gasteiger partial charge in [-0.15, -0.1) is 0 Å². The predicted molar refractivity (Wildman–Crippen MR) is 78.2 cm³/mol. The van der Waals surface area contributed by atoms with Gasteiger partial charge in [-0.05, 0) is 24.6 Å². The Bertz CT molecular complexity index is 744. The van der Waals surface area contributed by atoms with E-state index < -0.39 is 0 Å². The number of aryl methyl sites for hydroxylation is 1. The molecule has 2 aromatic carbocycles. The number of rotatable bonds is 3. The molecule has 20 heavy (non-hydrogen) atoms. The first-order valence-corrected chi connectivity index (χ1v) is 6.46. The van der Waals surface area contributed by atoms with Crippen LogP contribution in [0.4, 0.5) is 0 Å². The summed E-state index contributed by atoms with van der Waals surface area (Å²) in [6.07, 6.45) is 3.38. The molecule has 0 aliphatic rings. The van der Waals surface area contributed by atoms with Crippen molar-refractivity contribution in [2.45, 2.75) is 6.92 Å². The smallest absolute Gasteiger partial charge is 0.196 e. The average Bonchev–Trinajstić information content (AvgIpc) is 2.98. The molecule has 0 amide bonds. The summed E-state index contributed by atoms with van der Waals surface area (Å²) in [7, 11) is 0. The fourth-order valence-corrected chi connectivity index (χ4v) is 2.15. The van der Waals surface area contributed by atoms with Gasteiger partial charge in [0, 0.05) is 11.8 Å². The fourth-order valence-electron chi connectivity index (χ4n) is 2.15. The van der Waals surface area contributed by atoms with E-state index in [9.17, 15) is 4.79 Å². The third kappa shape index (κ3) is 2.26. The zero-order valence-electron chi connectivity index (χ0n) is 11.2. The van der Waals surface area contributed by atoms with Crippen molar-refractivity contribution in [3.05, 3.63) is 83.7 Å². The fraction of sp³-hybridized carbons (Fsp3) is 0.0588. The van der Waals surface area contributed by atoms with E-state index in [1.807, 2.05) is 61.5 Å². The number of carbonyl (C=O) groups is 1. The molecule has 0 fully saturated rings. The Morgan fingerprint density at radius 3 is 2.45 bits per heavy atom. The van der Waals surface area contributed by atoms with Crippen molar-refractivity contribution in [3.63, 3.8) is 0 Å². The van der Waals surface area contributed by atoms with Crippen molar-refractivity contribution in [3.8, 4) is 5.69 Å². The maximum atomic E-state index is 12.5. The van der Waals surface area contributed by atoms with E-state index >= 15 is 0 Å². The molecule has 3 rings (SSSR count). The highest BCUT2D eigenvalue weighted by Gasteiger charge is 2.13. The van der Waals surface area contributed by atoms with E-state index in [1.54, 1.807) is 17.1 Å². The number of ketones is 1. The van der Waals surface area contributed by atoms with Gasteiger partial charge in [0.25, 0.3) is 0 Å². The lowest BCUT2D eigenvalue weighted by Gasteiger charge is -2.02. The van der Waals surface area contributed by atoms with E-state index in [1.165, 1.54) is 0 Å². The van der Waals surface area contributed by atoms with Gasteiger partial charge < -0.3 is 0 Å². The van der Waals surface area contributed by atoms with Crippen LogP contribution < -0.4 is 0 Å². The lowest BCUT2D eigenvalue weighted by Crippen LogP contribution is -2.02. The predicted octanol–water partition coefficient (Wildman–Crippen LogP) is 3.41. The Balaban J connectivity index is 1.95. The third-order valence-corrected chi connectivity index (χ3v) is 3.26. The van der Waals surface area contributed by atoms with Crippen LogP contribution in [-0.2, 0) is 0 Å². The van der Waals surface area contributed by atoms with Gasteiger partial charge in [0.15, 0.2) is 5.78 Å². The number of para-hydroxylation sites is 1. The molecule has 0 atom stereocenters. The van der Waals surface area contributed by atoms with Gasteiger partial charge in [-0.25, -0.2) is 4.68 Å². The van der Waals surface area contributed by atoms with Crippen LogP contribution in [0.5, 0.6) is 0 Å². The molecular formula is C17H14N2O. The minimum atomic E-state index is 0.00489. The normalized spacial score (nSPS) is 10.4. The Labute approximate surface area is 117 Å². The second kappa shape index (κ2) is 5.13. The summed E-state index contributed by atoms with van der Waals surface area (Å²) in [5, 5.41) is 4.26. The molecule has 0 saturated carbocycles. The zero-order valence-corrected chi connectivity index (χ0v) is 11.2. The van der Waals surface area contributed by atoms with Crippen molar-refractivity contribution in [2.75, 3.05) is 0 Å². The quantitative estimate of drug-likeness (QED) is 0.678. The monoisotopic (exact) mass is 262 g/mol. The van der Waals surface area contributed by atoms with Crippen molar-refractivity contribution >= 4 is 5.78 Å². The maximum Gasteiger partial charge on any atom is 0.196 e. The van der Waals surface area contributed by atoms with Crippen molar-refractivity contribution in [1.29, 1.82) is 0 Å². The van der Waals surface area contributed by atoms with E-state index in [2.05, 4.69) is 5.10 Å². The highest BCUT2D eigenvalue weighted by atomic mass is 16.1. The second-order valence-corrected chi connectivity index (χ2v) is 4.65. The topological polar surface area (TPSA) is 34.9 Å². The van der Waals surface area contributed by atoms with Crippen LogP contribution in [0, 0.1) is 6.92 Å². The molecule has 0 radical (unpaired) electrons. The third-order valence-electron chi connectivity index (χ3n) is 3.26. The molecule has 1 heterocycles. The number of carbonyl (C=O) groups excluding carboxylic acids is 1. The Morgan fingerprint density at radius 1 is 1.00 bits per heavy atom. The number of hydrogen-bond donors (Lipinski definition) is 0. The molecule has 0 aliphatic carbocycles. The molecule has 0 spiro atoms. The minimum Gasteiger partial charge on any atom is -0.288 e. The number of hydrogen-bond acceptors (Lipinski definition) is 2. The highest BCUT2D eigenvalue weighted by Crippen LogP contribution is 2.15. The first kappa shape index (κ1) is 12.4. The first-order valence-electron chi connectivity index (χ1n) is 6.46. The van der Waals surface area contributed by atoms with Gasteiger partial charge in [0.1, 0.15) is 0 Å². The van der Waals surface area contributed by atoms with E-state index in [4.69, 9.17) is 0 Å². The summed E-state index contributed by atoms with van der Waals surface area (Å²) in [5.74, 6) is 0.00489. The summed E-state index contributed by atoms with van der Waals surface area (Å²) in [6, 6.07) is 17.3. The molecule has 3 nitrogen and oxygen atoms in total. The maximum absolute atomic E-state index is 12.5. The van der Waals surface area contributed by atoms with Crippen LogP contribution in [0.25, 0.3) is 5.69 Å². The lowest BCUT2D eigenvalue weighted by atomic mass is 10.0. The van der Waals surface area contributed by atoms with Crippen molar-refractivity contribution in [1.82, 2.24) is 9.78 Å². The van der Waals surface area contributed by atoms with E-state index in [-0.39, 0.29) is 5.78 Å². The largest absolute Gasteiger partial charge is 0.288 e. The SMILES string of the molecule is Cc1ccccc1C(=O)c1cnn(-c2ccccc2)c1. The second-order valence-electron chi connectivity index (χ2n) is 4.65. The first-order chi connectivity index (χ1) is 9.75. The molecule has 0 saturated heterocycles. The van der Waals surface area contributed by atoms with Crippen LogP contribution in [0.2, 0.25) is 0 Å². The van der Waals surface area contributed by atoms with Crippen LogP contribution in [0.3, 0.4) is 0 Å². The van der Waals surface area contributed by atoms with Crippen molar-refractivity contribution < 1.29 is 4.79 Å². The molecule has 0 N–H and O–H groups in total. The molecule has 3 aromatic rings. The molecule has 98 valence electrons. The molecular weight excluding hydrogens is 248 g/mol. The van der Waals surface area contributed by atoms with Crippen LogP contribution in [0.1, 0.15) is 21.5 Å². The molecule has 0 aliphatic heterocycles. The summed E-state index contributed by atoms with van der Waals surface area (Å²) >= 11 is 0. The average molecular weight is 262 g/mol. The van der Waals surface area contributed by atoms with Crippen LogP contribution in [0.15, 0.2) is 67.0 Å². The van der Waals surface area contributed by atoms with Crippen LogP contribution >= 0.6 is 0 Å². The zero-order chi connectivity index (χ0) is 13.9. The van der Waals surface area contributed by atoms with Gasteiger partial charge >= 0.3 is 0 Å². The molecule has 0 bridgehead atoms. The number of aromatic nitrogens is 2. The van der Waals surface area contributed by atoms with Gasteiger partial charge in [0.2, 0.25) is 0 Å². The summed E-state index contributed by atoms with van der Waals surface area (Å²) in [4.78, 5) is 12.5.